The van der Waals surface area contributed by atoms with Crippen molar-refractivity contribution in [3.63, 3.8) is 0 Å². The van der Waals surface area contributed by atoms with Crippen LogP contribution in [-0.2, 0) is 9.59 Å². The number of amides is 2. The Kier molecular flexibility index (Phi) is 6.27. The van der Waals surface area contributed by atoms with E-state index in [9.17, 15) is 9.59 Å². The molecule has 2 fully saturated rings. The van der Waals surface area contributed by atoms with Gasteiger partial charge in [-0.1, -0.05) is 43.4 Å². The number of nitrogens with zero attached hydrogens (tertiary/aromatic N) is 2. The van der Waals surface area contributed by atoms with Crippen LogP contribution in [-0.4, -0.2) is 28.1 Å². The van der Waals surface area contributed by atoms with Crippen molar-refractivity contribution in [3.8, 4) is 0 Å². The molecule has 0 unspecified atom stereocenters. The third-order valence-corrected chi connectivity index (χ3v) is 6.61. The molecule has 2 aliphatic carbocycles. The van der Waals surface area contributed by atoms with Gasteiger partial charge in [-0.25, -0.2) is 0 Å². The molecule has 2 aliphatic rings. The molecule has 0 spiro atoms. The first-order chi connectivity index (χ1) is 12.5. The van der Waals surface area contributed by atoms with Gasteiger partial charge in [-0.05, 0) is 39.5 Å². The second-order valence-corrected chi connectivity index (χ2v) is 9.13. The lowest BCUT2D eigenvalue weighted by Crippen LogP contribution is -2.40. The highest BCUT2D eigenvalue weighted by molar-refractivity contribution is 7.15. The van der Waals surface area contributed by atoms with Crippen molar-refractivity contribution in [1.82, 2.24) is 15.5 Å². The van der Waals surface area contributed by atoms with Crippen LogP contribution in [0.2, 0.25) is 0 Å². The Morgan fingerprint density at radius 3 is 2.46 bits per heavy atom. The lowest BCUT2D eigenvalue weighted by atomic mass is 9.81. The van der Waals surface area contributed by atoms with Crippen LogP contribution in [0.3, 0.4) is 0 Å². The zero-order valence-corrected chi connectivity index (χ0v) is 16.7. The maximum atomic E-state index is 13.0. The van der Waals surface area contributed by atoms with E-state index in [2.05, 4.69) is 20.8 Å². The largest absolute Gasteiger partial charge is 0.354 e. The standard InChI is InChI=1S/C19H30N4O2S/c1-13(2)20-15(24)12-19(10-6-7-11-19)17(25)21-18-23-22-16(26-18)14-8-4-3-5-9-14/h13-14H,3-12H2,1-2H3,(H,20,24)(H,21,23,25). The Morgan fingerprint density at radius 2 is 1.81 bits per heavy atom. The molecule has 0 bridgehead atoms. The van der Waals surface area contributed by atoms with Crippen LogP contribution < -0.4 is 10.6 Å². The Hall–Kier alpha value is -1.50. The lowest BCUT2D eigenvalue weighted by Gasteiger charge is -2.26. The molecule has 6 nitrogen and oxygen atoms in total. The number of anilines is 1. The summed E-state index contributed by atoms with van der Waals surface area (Å²) in [6.07, 6.45) is 9.91. The molecule has 0 aliphatic heterocycles. The van der Waals surface area contributed by atoms with Crippen LogP contribution in [0.1, 0.15) is 89.0 Å². The summed E-state index contributed by atoms with van der Waals surface area (Å²) < 4.78 is 0. The summed E-state index contributed by atoms with van der Waals surface area (Å²) >= 11 is 1.50. The molecule has 2 saturated carbocycles. The summed E-state index contributed by atoms with van der Waals surface area (Å²) in [5, 5.41) is 16.0. The zero-order chi connectivity index (χ0) is 18.6. The maximum absolute atomic E-state index is 13.0. The van der Waals surface area contributed by atoms with Gasteiger partial charge in [0, 0.05) is 18.4 Å². The number of carbonyl (C=O) groups is 2. The van der Waals surface area contributed by atoms with Gasteiger partial charge in [0.25, 0.3) is 0 Å². The topological polar surface area (TPSA) is 84.0 Å². The van der Waals surface area contributed by atoms with Gasteiger partial charge < -0.3 is 10.6 Å². The molecular formula is C19H30N4O2S. The Balaban J connectivity index is 1.64. The van der Waals surface area contributed by atoms with E-state index in [1.165, 1.54) is 43.4 Å². The van der Waals surface area contributed by atoms with Crippen LogP contribution in [0.15, 0.2) is 0 Å². The number of hydrogen-bond acceptors (Lipinski definition) is 5. The van der Waals surface area contributed by atoms with Crippen molar-refractivity contribution in [1.29, 1.82) is 0 Å². The average Bonchev–Trinajstić information content (AvgIpc) is 3.25. The normalized spacial score (nSPS) is 20.3. The summed E-state index contributed by atoms with van der Waals surface area (Å²) in [6, 6.07) is 0.0882. The number of aromatic nitrogens is 2. The molecule has 26 heavy (non-hydrogen) atoms. The summed E-state index contributed by atoms with van der Waals surface area (Å²) in [4.78, 5) is 25.3. The van der Waals surface area contributed by atoms with Gasteiger partial charge >= 0.3 is 0 Å². The van der Waals surface area contributed by atoms with Crippen molar-refractivity contribution in [2.75, 3.05) is 5.32 Å². The highest BCUT2D eigenvalue weighted by atomic mass is 32.1. The Bertz CT molecular complexity index is 631. The molecule has 1 aromatic rings. The number of carbonyl (C=O) groups excluding carboxylic acids is 2. The smallest absolute Gasteiger partial charge is 0.232 e. The minimum atomic E-state index is -0.602. The third-order valence-electron chi connectivity index (χ3n) is 5.61. The molecule has 2 amide bonds. The molecule has 0 saturated heterocycles. The fourth-order valence-electron chi connectivity index (χ4n) is 4.25. The summed E-state index contributed by atoms with van der Waals surface area (Å²) in [5.41, 5.74) is -0.602. The van der Waals surface area contributed by atoms with Crippen LogP contribution >= 0.6 is 11.3 Å². The highest BCUT2D eigenvalue weighted by Gasteiger charge is 2.43. The van der Waals surface area contributed by atoms with Crippen molar-refractivity contribution in [2.24, 2.45) is 5.41 Å². The average molecular weight is 379 g/mol. The summed E-state index contributed by atoms with van der Waals surface area (Å²) in [7, 11) is 0. The molecule has 0 atom stereocenters. The van der Waals surface area contributed by atoms with Gasteiger partial charge in [0.05, 0.1) is 5.41 Å². The summed E-state index contributed by atoms with van der Waals surface area (Å²) in [6.45, 7) is 3.88. The third kappa shape index (κ3) is 4.61. The first kappa shape index (κ1) is 19.3. The minimum Gasteiger partial charge on any atom is -0.354 e. The van der Waals surface area contributed by atoms with Gasteiger partial charge in [-0.3, -0.25) is 9.59 Å². The van der Waals surface area contributed by atoms with Crippen LogP contribution in [0.25, 0.3) is 0 Å². The Morgan fingerprint density at radius 1 is 1.12 bits per heavy atom. The predicted molar refractivity (Wildman–Crippen MR) is 103 cm³/mol. The number of hydrogen-bond donors (Lipinski definition) is 2. The number of rotatable bonds is 6. The first-order valence-corrected chi connectivity index (χ1v) is 10.7. The van der Waals surface area contributed by atoms with E-state index in [1.54, 1.807) is 0 Å². The van der Waals surface area contributed by atoms with Gasteiger partial charge in [0.15, 0.2) is 0 Å². The van der Waals surface area contributed by atoms with Crippen LogP contribution in [0, 0.1) is 5.41 Å². The zero-order valence-electron chi connectivity index (χ0n) is 15.8. The molecule has 1 aromatic heterocycles. The maximum Gasteiger partial charge on any atom is 0.232 e. The number of nitrogens with one attached hydrogen (secondary N) is 2. The van der Waals surface area contributed by atoms with Crippen molar-refractivity contribution in [3.05, 3.63) is 5.01 Å². The minimum absolute atomic E-state index is 0.0443. The summed E-state index contributed by atoms with van der Waals surface area (Å²) in [5.74, 6) is 0.377. The SMILES string of the molecule is CC(C)NC(=O)CC1(C(=O)Nc2nnc(C3CCCCC3)s2)CCCC1. The molecule has 3 rings (SSSR count). The predicted octanol–water partition coefficient (Wildman–Crippen LogP) is 4.00. The van der Waals surface area contributed by atoms with E-state index in [1.807, 2.05) is 13.8 Å². The van der Waals surface area contributed by atoms with Crippen LogP contribution in [0.5, 0.6) is 0 Å². The van der Waals surface area contributed by atoms with Crippen molar-refractivity contribution >= 4 is 28.3 Å². The quantitative estimate of drug-likeness (QED) is 0.784. The molecular weight excluding hydrogens is 348 g/mol. The van der Waals surface area contributed by atoms with Gasteiger partial charge in [0.2, 0.25) is 16.9 Å². The fraction of sp³-hybridized carbons (Fsp3) is 0.789. The molecule has 1 heterocycles. The van der Waals surface area contributed by atoms with Gasteiger partial charge in [-0.2, -0.15) is 0 Å². The van der Waals surface area contributed by atoms with Crippen molar-refractivity contribution in [2.45, 2.75) is 90.0 Å². The van der Waals surface area contributed by atoms with E-state index in [0.717, 1.165) is 30.7 Å². The molecule has 2 N–H and O–H groups in total. The molecule has 144 valence electrons. The Labute approximate surface area is 159 Å². The van der Waals surface area contributed by atoms with Crippen LogP contribution in [0.4, 0.5) is 5.13 Å². The van der Waals surface area contributed by atoms with E-state index in [4.69, 9.17) is 0 Å². The molecule has 7 heteroatoms. The monoisotopic (exact) mass is 378 g/mol. The second-order valence-electron chi connectivity index (χ2n) is 8.12. The van der Waals surface area contributed by atoms with E-state index < -0.39 is 5.41 Å². The molecule has 0 radical (unpaired) electrons. The first-order valence-electron chi connectivity index (χ1n) is 9.93. The highest BCUT2D eigenvalue weighted by Crippen LogP contribution is 2.42. The fourth-order valence-corrected chi connectivity index (χ4v) is 5.15. The molecule has 0 aromatic carbocycles. The second kappa shape index (κ2) is 8.46. The van der Waals surface area contributed by atoms with E-state index in [-0.39, 0.29) is 24.3 Å². The lowest BCUT2D eigenvalue weighted by molar-refractivity contribution is -0.132. The van der Waals surface area contributed by atoms with Gasteiger partial charge in [-0.15, -0.1) is 10.2 Å². The van der Waals surface area contributed by atoms with Crippen molar-refractivity contribution < 1.29 is 9.59 Å². The van der Waals surface area contributed by atoms with E-state index >= 15 is 0 Å². The van der Waals surface area contributed by atoms with E-state index in [0.29, 0.717) is 11.0 Å². The van der Waals surface area contributed by atoms with Gasteiger partial charge in [0.1, 0.15) is 5.01 Å².